The number of rotatable bonds is 1. The topological polar surface area (TPSA) is 47.0 Å². The van der Waals surface area contributed by atoms with Gasteiger partial charge in [-0.25, -0.2) is 17.8 Å². The molecule has 12 heavy (non-hydrogen) atoms. The molecule has 0 fully saturated rings. The van der Waals surface area contributed by atoms with Crippen molar-refractivity contribution in [2.75, 3.05) is 6.26 Å². The van der Waals surface area contributed by atoms with Gasteiger partial charge in [0.1, 0.15) is 10.0 Å². The second-order valence-corrected chi connectivity index (χ2v) is 4.58. The molecule has 0 radical (unpaired) electrons. The Balaban J connectivity index is 3.43. The third-order valence-electron chi connectivity index (χ3n) is 1.19. The summed E-state index contributed by atoms with van der Waals surface area (Å²) in [5.74, 6) is -0.887. The first-order valence-corrected chi connectivity index (χ1v) is 5.19. The summed E-state index contributed by atoms with van der Waals surface area (Å²) in [5.41, 5.74) is 0. The molecule has 0 N–H and O–H groups in total. The van der Waals surface area contributed by atoms with Crippen molar-refractivity contribution in [2.45, 2.75) is 4.90 Å². The van der Waals surface area contributed by atoms with Crippen LogP contribution in [0.5, 0.6) is 0 Å². The van der Waals surface area contributed by atoms with Crippen molar-refractivity contribution in [2.24, 2.45) is 0 Å². The Hall–Kier alpha value is -0.680. The van der Waals surface area contributed by atoms with Crippen molar-refractivity contribution in [3.63, 3.8) is 0 Å². The highest BCUT2D eigenvalue weighted by atomic mass is 35.5. The average Bonchev–Trinajstić information content (AvgIpc) is 1.92. The van der Waals surface area contributed by atoms with Crippen LogP contribution in [0.15, 0.2) is 17.2 Å². The molecule has 0 aliphatic heterocycles. The van der Waals surface area contributed by atoms with Crippen LogP contribution >= 0.6 is 11.6 Å². The smallest absolute Gasteiger partial charge is 0.178 e. The number of pyridine rings is 1. The van der Waals surface area contributed by atoms with Gasteiger partial charge in [-0.15, -0.1) is 0 Å². The number of hydrogen-bond acceptors (Lipinski definition) is 3. The van der Waals surface area contributed by atoms with Crippen molar-refractivity contribution < 1.29 is 12.8 Å². The average molecular weight is 210 g/mol. The zero-order valence-corrected chi connectivity index (χ0v) is 7.66. The second-order valence-electron chi connectivity index (χ2n) is 2.21. The van der Waals surface area contributed by atoms with Crippen LogP contribution in [-0.2, 0) is 9.84 Å². The SMILES string of the molecule is CS(=O)(=O)c1cc(Cl)ncc1F. The Morgan fingerprint density at radius 1 is 1.58 bits per heavy atom. The maximum Gasteiger partial charge on any atom is 0.178 e. The number of aromatic nitrogens is 1. The Morgan fingerprint density at radius 3 is 2.58 bits per heavy atom. The molecule has 6 heteroatoms. The molecule has 0 atom stereocenters. The molecule has 0 spiro atoms. The van der Waals surface area contributed by atoms with E-state index in [1.165, 1.54) is 0 Å². The van der Waals surface area contributed by atoms with E-state index in [4.69, 9.17) is 11.6 Å². The van der Waals surface area contributed by atoms with E-state index in [1.54, 1.807) is 0 Å². The highest BCUT2D eigenvalue weighted by molar-refractivity contribution is 7.90. The predicted molar refractivity (Wildman–Crippen MR) is 42.3 cm³/mol. The van der Waals surface area contributed by atoms with Crippen LogP contribution in [0.4, 0.5) is 4.39 Å². The van der Waals surface area contributed by atoms with Gasteiger partial charge in [-0.1, -0.05) is 11.6 Å². The molecule has 1 heterocycles. The summed E-state index contributed by atoms with van der Waals surface area (Å²) >= 11 is 5.38. The molecule has 0 unspecified atom stereocenters. The molecule has 1 aromatic rings. The zero-order chi connectivity index (χ0) is 9.35. The van der Waals surface area contributed by atoms with Crippen molar-refractivity contribution in [1.29, 1.82) is 0 Å². The summed E-state index contributed by atoms with van der Waals surface area (Å²) in [6.45, 7) is 0. The molecule has 3 nitrogen and oxygen atoms in total. The summed E-state index contributed by atoms with van der Waals surface area (Å²) in [4.78, 5) is 2.95. The molecule has 1 rings (SSSR count). The zero-order valence-electron chi connectivity index (χ0n) is 6.08. The Morgan fingerprint density at radius 2 is 2.17 bits per heavy atom. The molecule has 0 aliphatic carbocycles. The van der Waals surface area contributed by atoms with Gasteiger partial charge in [0.25, 0.3) is 0 Å². The van der Waals surface area contributed by atoms with E-state index >= 15 is 0 Å². The number of sulfone groups is 1. The fraction of sp³-hybridized carbons (Fsp3) is 0.167. The van der Waals surface area contributed by atoms with Crippen molar-refractivity contribution in [3.8, 4) is 0 Å². The van der Waals surface area contributed by atoms with Crippen LogP contribution in [0.3, 0.4) is 0 Å². The second kappa shape index (κ2) is 2.99. The molecule has 0 aromatic carbocycles. The summed E-state index contributed by atoms with van der Waals surface area (Å²) in [7, 11) is -3.56. The summed E-state index contributed by atoms with van der Waals surface area (Å²) in [6.07, 6.45) is 1.68. The highest BCUT2D eigenvalue weighted by Gasteiger charge is 2.14. The van der Waals surface area contributed by atoms with Gasteiger partial charge in [0.05, 0.1) is 6.20 Å². The molecular weight excluding hydrogens is 205 g/mol. The standard InChI is InChI=1S/C6H5ClFNO2S/c1-12(10,11)5-2-6(7)9-3-4(5)8/h2-3H,1H3. The summed E-state index contributed by atoms with van der Waals surface area (Å²) in [6, 6.07) is 0.978. The van der Waals surface area contributed by atoms with Gasteiger partial charge in [-0.3, -0.25) is 0 Å². The predicted octanol–water partition coefficient (Wildman–Crippen LogP) is 1.28. The minimum Gasteiger partial charge on any atom is -0.241 e. The minimum absolute atomic E-state index is 0.0446. The summed E-state index contributed by atoms with van der Waals surface area (Å²) in [5, 5.41) is -0.0446. The first kappa shape index (κ1) is 9.41. The first-order valence-electron chi connectivity index (χ1n) is 2.92. The molecule has 1 aromatic heterocycles. The lowest BCUT2D eigenvalue weighted by atomic mass is 10.5. The fourth-order valence-electron chi connectivity index (χ4n) is 0.680. The maximum absolute atomic E-state index is 12.8. The van der Waals surface area contributed by atoms with E-state index in [0.29, 0.717) is 0 Å². The van der Waals surface area contributed by atoms with Gasteiger partial charge in [0.15, 0.2) is 15.7 Å². The third kappa shape index (κ3) is 1.92. The van der Waals surface area contributed by atoms with E-state index in [1.807, 2.05) is 0 Å². The number of hydrogen-bond donors (Lipinski definition) is 0. The van der Waals surface area contributed by atoms with Gasteiger partial charge in [0, 0.05) is 6.26 Å². The van der Waals surface area contributed by atoms with E-state index in [-0.39, 0.29) is 5.15 Å². The monoisotopic (exact) mass is 209 g/mol. The molecule has 66 valence electrons. The lowest BCUT2D eigenvalue weighted by Crippen LogP contribution is -2.01. The molecule has 0 saturated heterocycles. The van der Waals surface area contributed by atoms with Gasteiger partial charge in [-0.2, -0.15) is 0 Å². The molecule has 0 amide bonds. The molecule has 0 bridgehead atoms. The lowest BCUT2D eigenvalue weighted by Gasteiger charge is -1.98. The van der Waals surface area contributed by atoms with E-state index in [2.05, 4.69) is 4.98 Å². The van der Waals surface area contributed by atoms with Crippen molar-refractivity contribution in [3.05, 3.63) is 23.2 Å². The molecule has 0 saturated carbocycles. The van der Waals surface area contributed by atoms with Gasteiger partial charge in [0.2, 0.25) is 0 Å². The van der Waals surface area contributed by atoms with Crippen LogP contribution in [0.1, 0.15) is 0 Å². The van der Waals surface area contributed by atoms with E-state index in [9.17, 15) is 12.8 Å². The van der Waals surface area contributed by atoms with Gasteiger partial charge >= 0.3 is 0 Å². The fourth-order valence-corrected chi connectivity index (χ4v) is 1.64. The van der Waals surface area contributed by atoms with Crippen molar-refractivity contribution >= 4 is 21.4 Å². The lowest BCUT2D eigenvalue weighted by molar-refractivity contribution is 0.566. The van der Waals surface area contributed by atoms with E-state index < -0.39 is 20.5 Å². The first-order chi connectivity index (χ1) is 5.41. The van der Waals surface area contributed by atoms with Crippen LogP contribution in [0.25, 0.3) is 0 Å². The molecular formula is C6H5ClFNO2S. The largest absolute Gasteiger partial charge is 0.241 e. The maximum atomic E-state index is 12.8. The molecule has 0 aliphatic rings. The summed E-state index contributed by atoms with van der Waals surface area (Å²) < 4.78 is 34.5. The van der Waals surface area contributed by atoms with Gasteiger partial charge < -0.3 is 0 Å². The third-order valence-corrected chi connectivity index (χ3v) is 2.50. The Kier molecular flexibility index (Phi) is 2.34. The normalized spacial score (nSPS) is 11.6. The number of nitrogens with zero attached hydrogens (tertiary/aromatic N) is 1. The minimum atomic E-state index is -3.56. The Bertz CT molecular complexity index is 404. The highest BCUT2D eigenvalue weighted by Crippen LogP contribution is 2.16. The van der Waals surface area contributed by atoms with Crippen LogP contribution in [0, 0.1) is 5.82 Å². The quantitative estimate of drug-likeness (QED) is 0.655. The Labute approximate surface area is 74.1 Å². The van der Waals surface area contributed by atoms with Gasteiger partial charge in [-0.05, 0) is 6.07 Å². The van der Waals surface area contributed by atoms with Crippen LogP contribution < -0.4 is 0 Å². The van der Waals surface area contributed by atoms with Crippen LogP contribution in [0.2, 0.25) is 5.15 Å². The van der Waals surface area contributed by atoms with Crippen molar-refractivity contribution in [1.82, 2.24) is 4.98 Å². The number of halogens is 2. The van der Waals surface area contributed by atoms with Crippen LogP contribution in [-0.4, -0.2) is 19.7 Å². The van der Waals surface area contributed by atoms with E-state index in [0.717, 1.165) is 18.5 Å².